The highest BCUT2D eigenvalue weighted by Gasteiger charge is 2.24. The lowest BCUT2D eigenvalue weighted by atomic mass is 10.1. The molecule has 0 fully saturated rings. The molecule has 0 amide bonds. The number of carboxylic acids is 1. The number of alkyl halides is 2. The molecule has 2 aromatic rings. The summed E-state index contributed by atoms with van der Waals surface area (Å²) in [5.74, 6) is -2.93. The molecule has 6 heteroatoms. The first-order chi connectivity index (χ1) is 8.49. The van der Waals surface area contributed by atoms with Crippen LogP contribution < -0.4 is 0 Å². The zero-order valence-electron chi connectivity index (χ0n) is 8.86. The van der Waals surface area contributed by atoms with Crippen LogP contribution in [0.5, 0.6) is 0 Å². The van der Waals surface area contributed by atoms with Gasteiger partial charge >= 0.3 is 5.97 Å². The number of carboxylic acid groups (broad SMARTS) is 1. The van der Waals surface area contributed by atoms with Gasteiger partial charge < -0.3 is 9.52 Å². The zero-order chi connectivity index (χ0) is 13.3. The number of carbonyl (C=O) groups is 1. The minimum Gasteiger partial charge on any atom is -0.478 e. The molecule has 1 heterocycles. The van der Waals surface area contributed by atoms with Crippen LogP contribution in [-0.4, -0.2) is 11.1 Å². The first-order valence-corrected chi connectivity index (χ1v) is 4.90. The average Bonchev–Trinajstić information content (AvgIpc) is 2.75. The number of hydrogen-bond acceptors (Lipinski definition) is 2. The van der Waals surface area contributed by atoms with Crippen molar-refractivity contribution in [1.82, 2.24) is 0 Å². The third-order valence-electron chi connectivity index (χ3n) is 2.32. The Labute approximate surface area is 99.5 Å². The van der Waals surface area contributed by atoms with Crippen LogP contribution in [0.1, 0.15) is 22.5 Å². The lowest BCUT2D eigenvalue weighted by molar-refractivity contribution is 0.0673. The molecule has 94 valence electrons. The molecule has 0 radical (unpaired) electrons. The average molecular weight is 256 g/mol. The summed E-state index contributed by atoms with van der Waals surface area (Å²) in [6.07, 6.45) is -3.02. The van der Waals surface area contributed by atoms with Crippen LogP contribution in [0, 0.1) is 5.82 Å². The lowest BCUT2D eigenvalue weighted by Gasteiger charge is -1.97. The monoisotopic (exact) mass is 256 g/mol. The van der Waals surface area contributed by atoms with E-state index >= 15 is 0 Å². The van der Waals surface area contributed by atoms with E-state index in [1.54, 1.807) is 0 Å². The fourth-order valence-electron chi connectivity index (χ4n) is 1.49. The molecule has 0 saturated heterocycles. The molecule has 0 aliphatic heterocycles. The first-order valence-electron chi connectivity index (χ1n) is 4.90. The Kier molecular flexibility index (Phi) is 3.10. The zero-order valence-corrected chi connectivity index (χ0v) is 8.86. The molecule has 2 rings (SSSR count). The van der Waals surface area contributed by atoms with Gasteiger partial charge in [0.15, 0.2) is 5.76 Å². The molecule has 0 aliphatic carbocycles. The van der Waals surface area contributed by atoms with Crippen LogP contribution in [-0.2, 0) is 0 Å². The van der Waals surface area contributed by atoms with Crippen molar-refractivity contribution in [3.05, 3.63) is 47.5 Å². The van der Waals surface area contributed by atoms with Gasteiger partial charge in [-0.05, 0) is 30.3 Å². The van der Waals surface area contributed by atoms with Gasteiger partial charge in [0.25, 0.3) is 6.43 Å². The molecule has 1 N–H and O–H groups in total. The van der Waals surface area contributed by atoms with Gasteiger partial charge in [-0.15, -0.1) is 0 Å². The molecule has 0 unspecified atom stereocenters. The Morgan fingerprint density at radius 1 is 1.22 bits per heavy atom. The van der Waals surface area contributed by atoms with Crippen molar-refractivity contribution in [1.29, 1.82) is 0 Å². The molecule has 1 aromatic carbocycles. The molecule has 0 atom stereocenters. The van der Waals surface area contributed by atoms with E-state index in [0.29, 0.717) is 5.56 Å². The third kappa shape index (κ3) is 2.22. The van der Waals surface area contributed by atoms with Crippen molar-refractivity contribution in [2.75, 3.05) is 0 Å². The predicted octanol–water partition coefficient (Wildman–Crippen LogP) is 3.72. The summed E-state index contributed by atoms with van der Waals surface area (Å²) in [6, 6.07) is 5.88. The Morgan fingerprint density at radius 3 is 2.28 bits per heavy atom. The van der Waals surface area contributed by atoms with Gasteiger partial charge in [-0.1, -0.05) is 0 Å². The molecule has 3 nitrogen and oxygen atoms in total. The van der Waals surface area contributed by atoms with E-state index in [2.05, 4.69) is 0 Å². The van der Waals surface area contributed by atoms with E-state index in [0.717, 1.165) is 18.2 Å². The lowest BCUT2D eigenvalue weighted by Crippen LogP contribution is -1.98. The van der Waals surface area contributed by atoms with Gasteiger partial charge in [0.2, 0.25) is 0 Å². The first kappa shape index (κ1) is 12.2. The van der Waals surface area contributed by atoms with Crippen LogP contribution in [0.3, 0.4) is 0 Å². The Morgan fingerprint density at radius 2 is 1.83 bits per heavy atom. The standard InChI is InChI=1S/C12H7F3O3/c13-7-3-1-6(2-4-7)9-5-8(12(16)17)10(18-9)11(14)15/h1-5,11H,(H,16,17). The summed E-state index contributed by atoms with van der Waals surface area (Å²) >= 11 is 0. The van der Waals surface area contributed by atoms with Gasteiger partial charge in [-0.25, -0.2) is 18.0 Å². The van der Waals surface area contributed by atoms with Gasteiger partial charge in [-0.3, -0.25) is 0 Å². The largest absolute Gasteiger partial charge is 0.478 e. The summed E-state index contributed by atoms with van der Waals surface area (Å²) in [6.45, 7) is 0. The molecular formula is C12H7F3O3. The molecule has 0 bridgehead atoms. The molecule has 1 aromatic heterocycles. The summed E-state index contributed by atoms with van der Waals surface area (Å²) in [4.78, 5) is 10.8. The SMILES string of the molecule is O=C(O)c1cc(-c2ccc(F)cc2)oc1C(F)F. The van der Waals surface area contributed by atoms with Crippen molar-refractivity contribution >= 4 is 5.97 Å². The van der Waals surface area contributed by atoms with Gasteiger partial charge in [0.05, 0.1) is 0 Å². The second-order valence-electron chi connectivity index (χ2n) is 3.50. The minimum absolute atomic E-state index is 0.0392. The van der Waals surface area contributed by atoms with E-state index in [4.69, 9.17) is 9.52 Å². The maximum atomic E-state index is 12.7. The maximum Gasteiger partial charge on any atom is 0.339 e. The van der Waals surface area contributed by atoms with E-state index in [9.17, 15) is 18.0 Å². The van der Waals surface area contributed by atoms with Crippen molar-refractivity contribution < 1.29 is 27.5 Å². The maximum absolute atomic E-state index is 12.7. The summed E-state index contributed by atoms with van der Waals surface area (Å²) in [5.41, 5.74) is -0.268. The fraction of sp³-hybridized carbons (Fsp3) is 0.0833. The molecular weight excluding hydrogens is 249 g/mol. The Bertz CT molecular complexity index is 573. The Balaban J connectivity index is 2.49. The molecule has 0 aliphatic rings. The minimum atomic E-state index is -3.02. The number of benzene rings is 1. The van der Waals surface area contributed by atoms with E-state index in [-0.39, 0.29) is 5.76 Å². The van der Waals surface area contributed by atoms with Crippen molar-refractivity contribution in [3.8, 4) is 11.3 Å². The smallest absolute Gasteiger partial charge is 0.339 e. The predicted molar refractivity (Wildman–Crippen MR) is 56.0 cm³/mol. The van der Waals surface area contributed by atoms with E-state index in [1.807, 2.05) is 0 Å². The van der Waals surface area contributed by atoms with Gasteiger partial charge in [-0.2, -0.15) is 0 Å². The quantitative estimate of drug-likeness (QED) is 0.910. The van der Waals surface area contributed by atoms with E-state index in [1.165, 1.54) is 12.1 Å². The van der Waals surface area contributed by atoms with Crippen LogP contribution >= 0.6 is 0 Å². The highest BCUT2D eigenvalue weighted by molar-refractivity contribution is 5.90. The van der Waals surface area contributed by atoms with E-state index < -0.39 is 29.5 Å². The number of aromatic carboxylic acids is 1. The normalized spacial score (nSPS) is 10.9. The summed E-state index contributed by atoms with van der Waals surface area (Å²) in [7, 11) is 0. The highest BCUT2D eigenvalue weighted by atomic mass is 19.3. The van der Waals surface area contributed by atoms with Crippen molar-refractivity contribution in [3.63, 3.8) is 0 Å². The van der Waals surface area contributed by atoms with Gasteiger partial charge in [0, 0.05) is 5.56 Å². The van der Waals surface area contributed by atoms with Crippen LogP contribution in [0.15, 0.2) is 34.7 Å². The third-order valence-corrected chi connectivity index (χ3v) is 2.32. The van der Waals surface area contributed by atoms with Crippen LogP contribution in [0.2, 0.25) is 0 Å². The second kappa shape index (κ2) is 4.56. The topological polar surface area (TPSA) is 50.4 Å². The van der Waals surface area contributed by atoms with Crippen molar-refractivity contribution in [2.24, 2.45) is 0 Å². The molecule has 18 heavy (non-hydrogen) atoms. The highest BCUT2D eigenvalue weighted by Crippen LogP contribution is 2.31. The number of hydrogen-bond donors (Lipinski definition) is 1. The number of furan rings is 1. The van der Waals surface area contributed by atoms with Crippen molar-refractivity contribution in [2.45, 2.75) is 6.43 Å². The number of halogens is 3. The van der Waals surface area contributed by atoms with Crippen LogP contribution in [0.25, 0.3) is 11.3 Å². The molecule has 0 spiro atoms. The Hall–Kier alpha value is -2.24. The van der Waals surface area contributed by atoms with Gasteiger partial charge in [0.1, 0.15) is 17.1 Å². The second-order valence-corrected chi connectivity index (χ2v) is 3.50. The molecule has 0 saturated carbocycles. The summed E-state index contributed by atoms with van der Waals surface area (Å²) in [5, 5.41) is 8.77. The van der Waals surface area contributed by atoms with Crippen LogP contribution in [0.4, 0.5) is 13.2 Å². The fourth-order valence-corrected chi connectivity index (χ4v) is 1.49. The summed E-state index contributed by atoms with van der Waals surface area (Å²) < 4.78 is 42.6. The number of rotatable bonds is 3.